The summed E-state index contributed by atoms with van der Waals surface area (Å²) in [6, 6.07) is 1.11. The van der Waals surface area contributed by atoms with Gasteiger partial charge in [-0.1, -0.05) is 6.42 Å². The van der Waals surface area contributed by atoms with E-state index in [1.165, 1.54) is 38.6 Å². The van der Waals surface area contributed by atoms with Gasteiger partial charge in [0.05, 0.1) is 6.04 Å². The summed E-state index contributed by atoms with van der Waals surface area (Å²) in [4.78, 5) is 11.5. The van der Waals surface area contributed by atoms with Gasteiger partial charge in [-0.05, 0) is 45.1 Å². The molecule has 4 atom stereocenters. The molecule has 1 aliphatic carbocycles. The van der Waals surface area contributed by atoms with Gasteiger partial charge in [0.2, 0.25) is 5.91 Å². The van der Waals surface area contributed by atoms with Crippen molar-refractivity contribution in [1.29, 1.82) is 0 Å². The molecule has 2 fully saturated rings. The fourth-order valence-electron chi connectivity index (χ4n) is 3.37. The number of carbonyl (C=O) groups is 1. The lowest BCUT2D eigenvalue weighted by Gasteiger charge is -2.28. The van der Waals surface area contributed by atoms with Crippen molar-refractivity contribution >= 4 is 5.91 Å². The summed E-state index contributed by atoms with van der Waals surface area (Å²) in [5.41, 5.74) is 0. The molecule has 3 N–H and O–H groups in total. The predicted octanol–water partition coefficient (Wildman–Crippen LogP) is 0.631. The third-order valence-electron chi connectivity index (χ3n) is 4.29. The van der Waals surface area contributed by atoms with Crippen molar-refractivity contribution in [1.82, 2.24) is 16.0 Å². The first-order valence-corrected chi connectivity index (χ1v) is 6.93. The Kier molecular flexibility index (Phi) is 4.40. The first kappa shape index (κ1) is 12.8. The van der Waals surface area contributed by atoms with Crippen LogP contribution in [0.15, 0.2) is 0 Å². The average molecular weight is 239 g/mol. The lowest BCUT2D eigenvalue weighted by Crippen LogP contribution is -2.50. The summed E-state index contributed by atoms with van der Waals surface area (Å²) in [5, 5.41) is 9.81. The van der Waals surface area contributed by atoms with Crippen molar-refractivity contribution < 1.29 is 4.79 Å². The fraction of sp³-hybridized carbons (Fsp3) is 0.923. The van der Waals surface area contributed by atoms with Crippen LogP contribution in [-0.4, -0.2) is 37.6 Å². The van der Waals surface area contributed by atoms with Gasteiger partial charge in [0.25, 0.3) is 0 Å². The van der Waals surface area contributed by atoms with Crippen LogP contribution < -0.4 is 16.0 Å². The Morgan fingerprint density at radius 2 is 2.12 bits per heavy atom. The van der Waals surface area contributed by atoms with Gasteiger partial charge in [-0.15, -0.1) is 0 Å². The van der Waals surface area contributed by atoms with Gasteiger partial charge in [-0.2, -0.15) is 0 Å². The van der Waals surface area contributed by atoms with Crippen molar-refractivity contribution in [2.45, 2.75) is 57.2 Å². The normalized spacial score (nSPS) is 34.8. The molecule has 0 bridgehead atoms. The van der Waals surface area contributed by atoms with E-state index in [-0.39, 0.29) is 11.9 Å². The molecule has 0 spiro atoms. The molecule has 4 nitrogen and oxygen atoms in total. The first-order valence-electron chi connectivity index (χ1n) is 6.93. The first-order chi connectivity index (χ1) is 8.22. The van der Waals surface area contributed by atoms with E-state index in [0.29, 0.717) is 18.0 Å². The fourth-order valence-corrected chi connectivity index (χ4v) is 3.37. The van der Waals surface area contributed by atoms with Crippen LogP contribution in [0.2, 0.25) is 0 Å². The largest absolute Gasteiger partial charge is 0.358 e. The number of rotatable bonds is 4. The number of nitrogens with one attached hydrogen (secondary N) is 3. The second kappa shape index (κ2) is 5.83. The minimum Gasteiger partial charge on any atom is -0.358 e. The monoisotopic (exact) mass is 239 g/mol. The molecule has 98 valence electrons. The van der Waals surface area contributed by atoms with Gasteiger partial charge in [0.15, 0.2) is 0 Å². The summed E-state index contributed by atoms with van der Waals surface area (Å²) in [5.74, 6) is 0.805. The van der Waals surface area contributed by atoms with Crippen LogP contribution >= 0.6 is 0 Å². The molecule has 0 aromatic rings. The molecule has 1 saturated heterocycles. The molecule has 1 saturated carbocycles. The van der Waals surface area contributed by atoms with E-state index in [4.69, 9.17) is 0 Å². The molecule has 2 rings (SSSR count). The molecule has 1 amide bonds. The number of amides is 1. The topological polar surface area (TPSA) is 53.2 Å². The van der Waals surface area contributed by atoms with Crippen LogP contribution in [0.1, 0.15) is 39.0 Å². The van der Waals surface area contributed by atoms with Gasteiger partial charge in [-0.3, -0.25) is 4.79 Å². The maximum absolute atomic E-state index is 11.5. The lowest BCUT2D eigenvalue weighted by atomic mass is 9.92. The average Bonchev–Trinajstić information content (AvgIpc) is 2.97. The quantitative estimate of drug-likeness (QED) is 0.674. The molecule has 1 heterocycles. The minimum absolute atomic E-state index is 0.0768. The molecule has 17 heavy (non-hydrogen) atoms. The molecular weight excluding hydrogens is 214 g/mol. The van der Waals surface area contributed by atoms with Crippen molar-refractivity contribution in [3.05, 3.63) is 0 Å². The lowest BCUT2D eigenvalue weighted by molar-refractivity contribution is -0.122. The number of carbonyl (C=O) groups excluding carboxylic acids is 1. The molecule has 0 aromatic heterocycles. The van der Waals surface area contributed by atoms with E-state index in [9.17, 15) is 4.79 Å². The molecule has 0 aromatic carbocycles. The van der Waals surface area contributed by atoms with Crippen LogP contribution in [0.5, 0.6) is 0 Å². The van der Waals surface area contributed by atoms with Crippen molar-refractivity contribution in [3.8, 4) is 0 Å². The zero-order valence-corrected chi connectivity index (χ0v) is 11.0. The third-order valence-corrected chi connectivity index (χ3v) is 4.29. The van der Waals surface area contributed by atoms with Gasteiger partial charge < -0.3 is 16.0 Å². The maximum Gasteiger partial charge on any atom is 0.236 e. The highest BCUT2D eigenvalue weighted by Crippen LogP contribution is 2.32. The summed E-state index contributed by atoms with van der Waals surface area (Å²) < 4.78 is 0. The minimum atomic E-state index is -0.0768. The SMILES string of the molecule is CNC(=O)C(C)NC1CCCC1C1CCCN1. The van der Waals surface area contributed by atoms with Gasteiger partial charge >= 0.3 is 0 Å². The summed E-state index contributed by atoms with van der Waals surface area (Å²) in [6.07, 6.45) is 6.41. The van der Waals surface area contributed by atoms with Crippen LogP contribution in [-0.2, 0) is 4.79 Å². The van der Waals surface area contributed by atoms with E-state index < -0.39 is 0 Å². The maximum atomic E-state index is 11.5. The molecule has 1 aliphatic heterocycles. The molecule has 0 radical (unpaired) electrons. The molecule has 4 unspecified atom stereocenters. The highest BCUT2D eigenvalue weighted by molar-refractivity contribution is 5.80. The Morgan fingerprint density at radius 1 is 1.29 bits per heavy atom. The highest BCUT2D eigenvalue weighted by atomic mass is 16.2. The Balaban J connectivity index is 1.88. The zero-order chi connectivity index (χ0) is 12.3. The summed E-state index contributed by atoms with van der Waals surface area (Å²) in [7, 11) is 1.70. The zero-order valence-electron chi connectivity index (χ0n) is 11.0. The van der Waals surface area contributed by atoms with E-state index in [1.54, 1.807) is 7.05 Å². The smallest absolute Gasteiger partial charge is 0.236 e. The van der Waals surface area contributed by atoms with Gasteiger partial charge in [0.1, 0.15) is 0 Å². The Labute approximate surface area is 104 Å². The number of likely N-dealkylation sites (N-methyl/N-ethyl adjacent to an activating group) is 1. The van der Waals surface area contributed by atoms with Crippen molar-refractivity contribution in [2.24, 2.45) is 5.92 Å². The van der Waals surface area contributed by atoms with E-state index in [1.807, 2.05) is 6.92 Å². The van der Waals surface area contributed by atoms with E-state index in [2.05, 4.69) is 16.0 Å². The van der Waals surface area contributed by atoms with E-state index >= 15 is 0 Å². The Bertz CT molecular complexity index is 263. The summed E-state index contributed by atoms with van der Waals surface area (Å²) >= 11 is 0. The Hall–Kier alpha value is -0.610. The second-order valence-corrected chi connectivity index (χ2v) is 5.41. The molecular formula is C13H25N3O. The third kappa shape index (κ3) is 2.99. The van der Waals surface area contributed by atoms with Crippen molar-refractivity contribution in [3.63, 3.8) is 0 Å². The highest BCUT2D eigenvalue weighted by Gasteiger charge is 2.35. The second-order valence-electron chi connectivity index (χ2n) is 5.41. The van der Waals surface area contributed by atoms with Gasteiger partial charge in [0, 0.05) is 19.1 Å². The number of hydrogen-bond donors (Lipinski definition) is 3. The summed E-state index contributed by atoms with van der Waals surface area (Å²) in [6.45, 7) is 3.12. The van der Waals surface area contributed by atoms with Crippen LogP contribution in [0.4, 0.5) is 0 Å². The number of hydrogen-bond acceptors (Lipinski definition) is 3. The van der Waals surface area contributed by atoms with Crippen LogP contribution in [0, 0.1) is 5.92 Å². The van der Waals surface area contributed by atoms with Crippen molar-refractivity contribution in [2.75, 3.05) is 13.6 Å². The Morgan fingerprint density at radius 3 is 2.76 bits per heavy atom. The van der Waals surface area contributed by atoms with E-state index in [0.717, 1.165) is 0 Å². The molecule has 4 heteroatoms. The van der Waals surface area contributed by atoms with Crippen LogP contribution in [0.25, 0.3) is 0 Å². The van der Waals surface area contributed by atoms with Crippen LogP contribution in [0.3, 0.4) is 0 Å². The van der Waals surface area contributed by atoms with Gasteiger partial charge in [-0.25, -0.2) is 0 Å². The predicted molar refractivity (Wildman–Crippen MR) is 68.8 cm³/mol. The standard InChI is InChI=1S/C13H25N3O/c1-9(13(17)14-2)16-12-6-3-5-10(12)11-7-4-8-15-11/h9-12,15-16H,3-8H2,1-2H3,(H,14,17). The molecule has 2 aliphatic rings.